The zero-order valence-electron chi connectivity index (χ0n) is 9.33. The van der Waals surface area contributed by atoms with E-state index < -0.39 is 5.97 Å². The third kappa shape index (κ3) is 4.94. The Kier molecular flexibility index (Phi) is 5.75. The van der Waals surface area contributed by atoms with Crippen LogP contribution in [0.1, 0.15) is 37.3 Å². The molecule has 0 saturated carbocycles. The maximum atomic E-state index is 10.3. The molecule has 1 aromatic rings. The summed E-state index contributed by atoms with van der Waals surface area (Å²) < 4.78 is 0. The van der Waals surface area contributed by atoms with Gasteiger partial charge >= 0.3 is 5.97 Å². The third-order valence-corrected chi connectivity index (χ3v) is 3.08. The van der Waals surface area contributed by atoms with Crippen LogP contribution in [0.3, 0.4) is 0 Å². The smallest absolute Gasteiger partial charge is 0.303 e. The summed E-state index contributed by atoms with van der Waals surface area (Å²) in [6.07, 6.45) is 2.30. The van der Waals surface area contributed by atoms with Crippen molar-refractivity contribution in [3.05, 3.63) is 33.8 Å². The lowest BCUT2D eigenvalue weighted by Crippen LogP contribution is -2.11. The van der Waals surface area contributed by atoms with Gasteiger partial charge in [-0.3, -0.25) is 4.79 Å². The van der Waals surface area contributed by atoms with Crippen LogP contribution in [-0.4, -0.2) is 11.1 Å². The van der Waals surface area contributed by atoms with E-state index >= 15 is 0 Å². The highest BCUT2D eigenvalue weighted by molar-refractivity contribution is 6.35. The van der Waals surface area contributed by atoms with E-state index in [1.807, 2.05) is 6.07 Å². The van der Waals surface area contributed by atoms with Crippen LogP contribution >= 0.6 is 23.2 Å². The molecule has 1 rings (SSSR count). The van der Waals surface area contributed by atoms with Crippen molar-refractivity contribution in [2.24, 2.45) is 5.73 Å². The maximum absolute atomic E-state index is 10.3. The summed E-state index contributed by atoms with van der Waals surface area (Å²) in [6.45, 7) is 0. The van der Waals surface area contributed by atoms with Crippen LogP contribution < -0.4 is 5.73 Å². The number of carboxylic acid groups (broad SMARTS) is 1. The quantitative estimate of drug-likeness (QED) is 0.780. The molecule has 0 fully saturated rings. The van der Waals surface area contributed by atoms with Gasteiger partial charge in [0.25, 0.3) is 0 Å². The first-order chi connectivity index (χ1) is 8.00. The van der Waals surface area contributed by atoms with Crippen LogP contribution in [0.25, 0.3) is 0 Å². The molecular weight excluding hydrogens is 261 g/mol. The van der Waals surface area contributed by atoms with Gasteiger partial charge in [-0.1, -0.05) is 35.7 Å². The van der Waals surface area contributed by atoms with E-state index in [1.54, 1.807) is 12.1 Å². The van der Waals surface area contributed by atoms with Crippen molar-refractivity contribution >= 4 is 29.2 Å². The average Bonchev–Trinajstić information content (AvgIpc) is 2.23. The summed E-state index contributed by atoms with van der Waals surface area (Å²) in [7, 11) is 0. The van der Waals surface area contributed by atoms with Gasteiger partial charge in [0, 0.05) is 22.5 Å². The van der Waals surface area contributed by atoms with Crippen LogP contribution in [0.2, 0.25) is 10.0 Å². The number of nitrogens with two attached hydrogens (primary N) is 1. The lowest BCUT2D eigenvalue weighted by atomic mass is 10.0. The number of halogens is 2. The molecule has 0 aromatic heterocycles. The number of carboxylic acids is 1. The van der Waals surface area contributed by atoms with Gasteiger partial charge in [0.05, 0.1) is 0 Å². The minimum absolute atomic E-state index is 0.173. The van der Waals surface area contributed by atoms with Crippen molar-refractivity contribution in [2.45, 2.75) is 31.7 Å². The zero-order valence-corrected chi connectivity index (χ0v) is 10.8. The lowest BCUT2D eigenvalue weighted by Gasteiger charge is -2.13. The van der Waals surface area contributed by atoms with Gasteiger partial charge in [0.15, 0.2) is 0 Å². The van der Waals surface area contributed by atoms with Crippen molar-refractivity contribution in [3.8, 4) is 0 Å². The molecule has 5 heteroatoms. The molecule has 0 bridgehead atoms. The van der Waals surface area contributed by atoms with E-state index in [4.69, 9.17) is 34.0 Å². The summed E-state index contributed by atoms with van der Waals surface area (Å²) in [5.41, 5.74) is 6.84. The SMILES string of the molecule is NC(CCCCC(=O)O)c1ccc(Cl)cc1Cl. The summed E-state index contributed by atoms with van der Waals surface area (Å²) in [5.74, 6) is -0.775. The third-order valence-electron chi connectivity index (χ3n) is 2.52. The number of aliphatic carboxylic acids is 1. The Balaban J connectivity index is 2.46. The Bertz CT molecular complexity index is 396. The van der Waals surface area contributed by atoms with Gasteiger partial charge in [0.1, 0.15) is 0 Å². The summed E-state index contributed by atoms with van der Waals surface area (Å²) in [5, 5.41) is 9.64. The molecule has 1 atom stereocenters. The maximum Gasteiger partial charge on any atom is 0.303 e. The van der Waals surface area contributed by atoms with Crippen LogP contribution in [0.4, 0.5) is 0 Å². The van der Waals surface area contributed by atoms with E-state index in [1.165, 1.54) is 0 Å². The van der Waals surface area contributed by atoms with Crippen molar-refractivity contribution in [1.29, 1.82) is 0 Å². The number of hydrogen-bond acceptors (Lipinski definition) is 2. The number of hydrogen-bond donors (Lipinski definition) is 2. The molecule has 0 radical (unpaired) electrons. The molecule has 94 valence electrons. The van der Waals surface area contributed by atoms with Gasteiger partial charge in [-0.15, -0.1) is 0 Å². The second-order valence-electron chi connectivity index (χ2n) is 3.91. The minimum atomic E-state index is -0.775. The molecule has 17 heavy (non-hydrogen) atoms. The predicted molar refractivity (Wildman–Crippen MR) is 69.5 cm³/mol. The van der Waals surface area contributed by atoms with Gasteiger partial charge in [-0.2, -0.15) is 0 Å². The largest absolute Gasteiger partial charge is 0.481 e. The lowest BCUT2D eigenvalue weighted by molar-refractivity contribution is -0.137. The number of carbonyl (C=O) groups is 1. The van der Waals surface area contributed by atoms with E-state index in [0.29, 0.717) is 22.9 Å². The molecule has 0 amide bonds. The van der Waals surface area contributed by atoms with Crippen molar-refractivity contribution in [1.82, 2.24) is 0 Å². The van der Waals surface area contributed by atoms with Crippen LogP contribution in [0, 0.1) is 0 Å². The van der Waals surface area contributed by atoms with E-state index in [2.05, 4.69) is 0 Å². The highest BCUT2D eigenvalue weighted by atomic mass is 35.5. The molecule has 0 spiro atoms. The van der Waals surface area contributed by atoms with Crippen LogP contribution in [0.15, 0.2) is 18.2 Å². The fourth-order valence-electron chi connectivity index (χ4n) is 1.60. The van der Waals surface area contributed by atoms with Crippen molar-refractivity contribution < 1.29 is 9.90 Å². The van der Waals surface area contributed by atoms with E-state index in [-0.39, 0.29) is 12.5 Å². The van der Waals surface area contributed by atoms with Gasteiger partial charge in [0.2, 0.25) is 0 Å². The molecule has 3 N–H and O–H groups in total. The molecule has 0 saturated heterocycles. The number of unbranched alkanes of at least 4 members (excludes halogenated alkanes) is 1. The molecule has 0 aliphatic carbocycles. The summed E-state index contributed by atoms with van der Waals surface area (Å²) in [4.78, 5) is 10.3. The Hall–Kier alpha value is -0.770. The first-order valence-electron chi connectivity index (χ1n) is 5.43. The molecule has 1 unspecified atom stereocenters. The molecule has 3 nitrogen and oxygen atoms in total. The Morgan fingerprint density at radius 1 is 1.35 bits per heavy atom. The van der Waals surface area contributed by atoms with Gasteiger partial charge < -0.3 is 10.8 Å². The highest BCUT2D eigenvalue weighted by Gasteiger charge is 2.10. The summed E-state index contributed by atoms with van der Waals surface area (Å²) in [6, 6.07) is 5.05. The topological polar surface area (TPSA) is 63.3 Å². The second-order valence-corrected chi connectivity index (χ2v) is 4.76. The highest BCUT2D eigenvalue weighted by Crippen LogP contribution is 2.27. The molecular formula is C12H15Cl2NO2. The first-order valence-corrected chi connectivity index (χ1v) is 6.18. The van der Waals surface area contributed by atoms with Gasteiger partial charge in [-0.25, -0.2) is 0 Å². The van der Waals surface area contributed by atoms with E-state index in [9.17, 15) is 4.79 Å². The number of benzene rings is 1. The summed E-state index contributed by atoms with van der Waals surface area (Å²) >= 11 is 11.8. The Morgan fingerprint density at radius 3 is 2.65 bits per heavy atom. The van der Waals surface area contributed by atoms with Crippen LogP contribution in [0.5, 0.6) is 0 Å². The molecule has 0 heterocycles. The Morgan fingerprint density at radius 2 is 2.06 bits per heavy atom. The fourth-order valence-corrected chi connectivity index (χ4v) is 2.15. The monoisotopic (exact) mass is 275 g/mol. The van der Waals surface area contributed by atoms with Gasteiger partial charge in [-0.05, 0) is 30.5 Å². The number of rotatable bonds is 6. The Labute approximate surface area is 111 Å². The molecule has 0 aliphatic rings. The zero-order chi connectivity index (χ0) is 12.8. The van der Waals surface area contributed by atoms with Crippen LogP contribution in [-0.2, 0) is 4.79 Å². The van der Waals surface area contributed by atoms with E-state index in [0.717, 1.165) is 12.0 Å². The first kappa shape index (κ1) is 14.3. The fraction of sp³-hybridized carbons (Fsp3) is 0.417. The van der Waals surface area contributed by atoms with Crippen molar-refractivity contribution in [3.63, 3.8) is 0 Å². The minimum Gasteiger partial charge on any atom is -0.481 e. The second kappa shape index (κ2) is 6.84. The molecule has 0 aliphatic heterocycles. The predicted octanol–water partition coefficient (Wildman–Crippen LogP) is 3.64. The average molecular weight is 276 g/mol. The standard InChI is InChI=1S/C12H15Cl2NO2/c13-8-5-6-9(10(14)7-8)11(15)3-1-2-4-12(16)17/h5-7,11H,1-4,15H2,(H,16,17). The van der Waals surface area contributed by atoms with Crippen molar-refractivity contribution in [2.75, 3.05) is 0 Å². The molecule has 1 aromatic carbocycles. The normalized spacial score (nSPS) is 12.4.